The van der Waals surface area contributed by atoms with Crippen LogP contribution in [0.1, 0.15) is 70.4 Å². The highest BCUT2D eigenvalue weighted by Gasteiger charge is 2.48. The van der Waals surface area contributed by atoms with Crippen LogP contribution in [-0.2, 0) is 64.3 Å². The fourth-order valence-electron chi connectivity index (χ4n) is 7.92. The Morgan fingerprint density at radius 2 is 1.26 bits per heavy atom. The molecule has 0 spiro atoms. The van der Waals surface area contributed by atoms with Gasteiger partial charge in [-0.15, -0.1) is 0 Å². The van der Waals surface area contributed by atoms with Crippen LogP contribution >= 0.6 is 0 Å². The van der Waals surface area contributed by atoms with E-state index in [0.29, 0.717) is 116 Å². The summed E-state index contributed by atoms with van der Waals surface area (Å²) in [4.78, 5) is 12.6. The lowest BCUT2D eigenvalue weighted by Gasteiger charge is -2.30. The van der Waals surface area contributed by atoms with Crippen LogP contribution < -0.4 is 4.90 Å². The van der Waals surface area contributed by atoms with Gasteiger partial charge in [-0.1, -0.05) is 6.08 Å². The Bertz CT molecular complexity index is 2100. The van der Waals surface area contributed by atoms with Crippen molar-refractivity contribution in [1.29, 1.82) is 0 Å². The number of carbonyl (C=O) groups is 1. The van der Waals surface area contributed by atoms with Crippen LogP contribution in [0.2, 0.25) is 0 Å². The molecule has 0 saturated heterocycles. The molecule has 2 aliphatic rings. The zero-order valence-corrected chi connectivity index (χ0v) is 37.5. The predicted octanol–water partition coefficient (Wildman–Crippen LogP) is 4.87. The molecule has 18 heteroatoms. The molecule has 0 saturated carbocycles. The maximum atomic E-state index is 12.3. The molecule has 2 aliphatic heterocycles. The van der Waals surface area contributed by atoms with Crippen LogP contribution in [0.5, 0.6) is 0 Å². The summed E-state index contributed by atoms with van der Waals surface area (Å²) in [7, 11) is -6.36. The second kappa shape index (κ2) is 23.2. The van der Waals surface area contributed by atoms with Crippen LogP contribution in [0.4, 0.5) is 11.4 Å². The summed E-state index contributed by atoms with van der Waals surface area (Å²) in [6, 6.07) is 8.84. The molecule has 1 N–H and O–H groups in total. The first kappa shape index (κ1) is 50.1. The Kier molecular flexibility index (Phi) is 19.1. The number of methoxy groups -OCH3 is 2. The fourth-order valence-corrected chi connectivity index (χ4v) is 8.91. The van der Waals surface area contributed by atoms with E-state index in [1.165, 1.54) is 24.3 Å². The second-order valence-corrected chi connectivity index (χ2v) is 18.0. The largest absolute Gasteiger partial charge is 0.744 e. The third-order valence-electron chi connectivity index (χ3n) is 11.2. The summed E-state index contributed by atoms with van der Waals surface area (Å²) < 4.78 is 109. The Hall–Kier alpha value is -3.56. The van der Waals surface area contributed by atoms with Crippen molar-refractivity contribution in [2.24, 2.45) is 0 Å². The molecule has 2 aromatic carbocycles. The van der Waals surface area contributed by atoms with Crippen molar-refractivity contribution in [1.82, 2.24) is 0 Å². The number of carboxylic acid groups (broad SMARTS) is 1. The first-order valence-corrected chi connectivity index (χ1v) is 23.4. The molecule has 16 nitrogen and oxygen atoms in total. The first-order valence-electron chi connectivity index (χ1n) is 20.6. The van der Waals surface area contributed by atoms with Crippen LogP contribution in [0.15, 0.2) is 70.1 Å². The van der Waals surface area contributed by atoms with Crippen LogP contribution in [0, 0.1) is 0 Å². The topological polar surface area (TPSA) is 213 Å². The summed E-state index contributed by atoms with van der Waals surface area (Å²) in [6.07, 6.45) is 8.49. The van der Waals surface area contributed by atoms with Gasteiger partial charge in [0.25, 0.3) is 0 Å². The van der Waals surface area contributed by atoms with E-state index in [1.807, 2.05) is 39.0 Å². The number of hydrogen-bond acceptors (Lipinski definition) is 14. The summed E-state index contributed by atoms with van der Waals surface area (Å²) in [5.41, 5.74) is 2.84. The average Bonchev–Trinajstić information content (AvgIpc) is 3.58. The monoisotopic (exact) mass is 893 g/mol. The molecule has 0 aliphatic carbocycles. The molecule has 0 aromatic heterocycles. The van der Waals surface area contributed by atoms with E-state index < -0.39 is 37.0 Å². The molecule has 0 radical (unpaired) electrons. The maximum absolute atomic E-state index is 12.3. The van der Waals surface area contributed by atoms with Crippen molar-refractivity contribution in [3.63, 3.8) is 0 Å². The minimum absolute atomic E-state index is 0.0418. The molecule has 2 atom stereocenters. The molecule has 61 heavy (non-hydrogen) atoms. The third-order valence-corrected chi connectivity index (χ3v) is 12.9. The van der Waals surface area contributed by atoms with Gasteiger partial charge in [-0.3, -0.25) is 4.79 Å². The Morgan fingerprint density at radius 3 is 1.80 bits per heavy atom. The van der Waals surface area contributed by atoms with E-state index in [9.17, 15) is 35.8 Å². The van der Waals surface area contributed by atoms with E-state index in [-0.39, 0.29) is 22.8 Å². The summed E-state index contributed by atoms with van der Waals surface area (Å²) in [6.45, 7) is 10.7. The number of aliphatic carboxylic acids is 1. The average molecular weight is 894 g/mol. The van der Waals surface area contributed by atoms with E-state index >= 15 is 0 Å². The minimum Gasteiger partial charge on any atom is -0.744 e. The predicted molar refractivity (Wildman–Crippen MR) is 226 cm³/mol. The van der Waals surface area contributed by atoms with Crippen molar-refractivity contribution in [2.45, 2.75) is 79.9 Å². The zero-order chi connectivity index (χ0) is 44.7. The number of allylic oxidation sites excluding steroid dienone is 4. The van der Waals surface area contributed by atoms with E-state index in [0.717, 1.165) is 22.8 Å². The van der Waals surface area contributed by atoms with Crippen molar-refractivity contribution in [3.05, 3.63) is 71.5 Å². The number of likely N-dealkylation sites (N-methyl/N-ethyl adjacent to an activating group) is 1. The lowest BCUT2D eigenvalue weighted by Crippen LogP contribution is -2.33. The van der Waals surface area contributed by atoms with Gasteiger partial charge in [-0.25, -0.2) is 16.8 Å². The van der Waals surface area contributed by atoms with Crippen molar-refractivity contribution in [3.8, 4) is 0 Å². The number of unbranched alkanes of at least 4 members (excludes halogenated alkanes) is 2. The number of ether oxygens (including phenoxy) is 6. The van der Waals surface area contributed by atoms with Gasteiger partial charge in [0.05, 0.1) is 68.1 Å². The zero-order valence-electron chi connectivity index (χ0n) is 35.9. The molecule has 340 valence electrons. The van der Waals surface area contributed by atoms with Gasteiger partial charge in [-0.2, -0.15) is 4.58 Å². The van der Waals surface area contributed by atoms with E-state index in [2.05, 4.69) is 9.48 Å². The van der Waals surface area contributed by atoms with Crippen LogP contribution in [-0.4, -0.2) is 141 Å². The molecule has 0 bridgehead atoms. The molecule has 2 unspecified atom stereocenters. The van der Waals surface area contributed by atoms with Crippen molar-refractivity contribution >= 4 is 43.3 Å². The Morgan fingerprint density at radius 1 is 0.738 bits per heavy atom. The number of anilines is 1. The second-order valence-electron chi connectivity index (χ2n) is 15.3. The number of benzene rings is 2. The molecule has 2 aromatic rings. The van der Waals surface area contributed by atoms with Gasteiger partial charge >= 0.3 is 5.97 Å². The highest BCUT2D eigenvalue weighted by Crippen LogP contribution is 2.51. The van der Waals surface area contributed by atoms with Crippen LogP contribution in [0.25, 0.3) is 0 Å². The minimum atomic E-state index is -4.79. The summed E-state index contributed by atoms with van der Waals surface area (Å²) in [5.74, 6) is -0.871. The highest BCUT2D eigenvalue weighted by atomic mass is 32.2. The van der Waals surface area contributed by atoms with Gasteiger partial charge < -0.3 is 47.5 Å². The SMILES string of the molecule is CCN1/C(=C/C=C/C2=[N+](CCCCCC(=O)O)c3ccc(S(=O)(=O)[O-])cc3C2(C)CCOCCOCCOC)C(C)(CCOCCOCCOC)c2cc(S(=O)(=O)[O-])ccc21. The lowest BCUT2D eigenvalue weighted by molar-refractivity contribution is -0.438. The summed E-state index contributed by atoms with van der Waals surface area (Å²) >= 11 is 0. The molecular formula is C43H61N2O14S2-. The third kappa shape index (κ3) is 13.2. The quantitative estimate of drug-likeness (QED) is 0.0655. The molecule has 0 amide bonds. The molecule has 2 heterocycles. The van der Waals surface area contributed by atoms with Gasteiger partial charge in [-0.05, 0) is 88.4 Å². The van der Waals surface area contributed by atoms with Crippen LogP contribution in [0.3, 0.4) is 0 Å². The van der Waals surface area contributed by atoms with Gasteiger partial charge in [0.15, 0.2) is 5.71 Å². The lowest BCUT2D eigenvalue weighted by atomic mass is 9.76. The van der Waals surface area contributed by atoms with Gasteiger partial charge in [0, 0.05) is 81.3 Å². The maximum Gasteiger partial charge on any atom is 0.303 e. The number of rotatable bonds is 29. The summed E-state index contributed by atoms with van der Waals surface area (Å²) in [5, 5.41) is 9.22. The number of fused-ring (bicyclic) bond motifs is 2. The Labute approximate surface area is 360 Å². The van der Waals surface area contributed by atoms with E-state index in [4.69, 9.17) is 28.4 Å². The van der Waals surface area contributed by atoms with E-state index in [1.54, 1.807) is 26.4 Å². The Balaban J connectivity index is 1.77. The normalized spacial score (nSPS) is 19.7. The standard InChI is InChI=1S/C43H62N2O14S2/c1-6-44-37-16-14-33(60(48,49)50)31-35(37)42(2,18-21-56-27-29-58-25-23-54-4)39(44)11-10-12-40-43(3,19-22-57-28-30-59-26-24-55-5)36-32-34(61(51,52)53)15-17-38(36)45(40)20-9-7-8-13-41(46)47/h10-12,14-17,31-32H,6-9,13,18-30H2,1-5H3,(H2-,46,47,48,49,50,51,52,53)/p-1. The fraction of sp³-hybridized carbons (Fsp3) is 0.581. The molecule has 4 rings (SSSR count). The first-order chi connectivity index (χ1) is 29.0. The molecule has 0 fully saturated rings. The smallest absolute Gasteiger partial charge is 0.303 e. The van der Waals surface area contributed by atoms with Crippen molar-refractivity contribution in [2.75, 3.05) is 98.3 Å². The van der Waals surface area contributed by atoms with Crippen molar-refractivity contribution < 1.29 is 68.8 Å². The number of carboxylic acids is 1. The molecular weight excluding hydrogens is 833 g/mol. The number of nitrogens with zero attached hydrogens (tertiary/aromatic N) is 2. The highest BCUT2D eigenvalue weighted by molar-refractivity contribution is 7.86. The van der Waals surface area contributed by atoms with Gasteiger partial charge in [0.1, 0.15) is 26.8 Å². The van der Waals surface area contributed by atoms with Gasteiger partial charge in [0.2, 0.25) is 5.69 Å². The number of hydrogen-bond donors (Lipinski definition) is 1.